The number of halogens is 1. The summed E-state index contributed by atoms with van der Waals surface area (Å²) in [6.07, 6.45) is 0.851. The van der Waals surface area contributed by atoms with Gasteiger partial charge in [-0.2, -0.15) is 0 Å². The maximum absolute atomic E-state index is 11.9. The van der Waals surface area contributed by atoms with E-state index in [0.717, 1.165) is 13.0 Å². The first-order chi connectivity index (χ1) is 7.15. The quantitative estimate of drug-likeness (QED) is 0.614. The van der Waals surface area contributed by atoms with Crippen LogP contribution in [0.15, 0.2) is 24.3 Å². The molecule has 0 radical (unpaired) electrons. The minimum Gasteiger partial charge on any atom is -0.399 e. The highest BCUT2D eigenvalue weighted by Gasteiger charge is 2.14. The van der Waals surface area contributed by atoms with Crippen LogP contribution < -0.4 is 11.1 Å². The number of anilines is 1. The fourth-order valence-electron chi connectivity index (χ4n) is 1.47. The summed E-state index contributed by atoms with van der Waals surface area (Å²) >= 11 is 0. The van der Waals surface area contributed by atoms with Gasteiger partial charge >= 0.3 is 0 Å². The van der Waals surface area contributed by atoms with Crippen molar-refractivity contribution in [2.45, 2.75) is 13.3 Å². The average molecular weight is 243 g/mol. The van der Waals surface area contributed by atoms with Crippen LogP contribution in [0.25, 0.3) is 0 Å². The van der Waals surface area contributed by atoms with Crippen LogP contribution in [0.1, 0.15) is 23.7 Å². The average Bonchev–Trinajstić information content (AvgIpc) is 2.24. The van der Waals surface area contributed by atoms with Crippen LogP contribution in [0.4, 0.5) is 5.69 Å². The van der Waals surface area contributed by atoms with E-state index in [1.54, 1.807) is 12.1 Å². The molecule has 0 aliphatic rings. The van der Waals surface area contributed by atoms with Gasteiger partial charge in [0.15, 0.2) is 5.78 Å². The third kappa shape index (κ3) is 4.21. The van der Waals surface area contributed by atoms with Crippen molar-refractivity contribution in [2.75, 3.05) is 19.3 Å². The minimum absolute atomic E-state index is 0. The van der Waals surface area contributed by atoms with Crippen molar-refractivity contribution in [2.24, 2.45) is 5.92 Å². The summed E-state index contributed by atoms with van der Waals surface area (Å²) in [7, 11) is 1.89. The van der Waals surface area contributed by atoms with E-state index in [1.807, 2.05) is 26.1 Å². The van der Waals surface area contributed by atoms with Crippen molar-refractivity contribution in [1.29, 1.82) is 0 Å². The first-order valence-corrected chi connectivity index (χ1v) is 5.19. The van der Waals surface area contributed by atoms with E-state index in [4.69, 9.17) is 5.73 Å². The van der Waals surface area contributed by atoms with Gasteiger partial charge in [-0.05, 0) is 32.1 Å². The predicted molar refractivity (Wildman–Crippen MR) is 70.1 cm³/mol. The lowest BCUT2D eigenvalue weighted by atomic mass is 9.96. The van der Waals surface area contributed by atoms with Gasteiger partial charge in [-0.1, -0.05) is 19.1 Å². The fraction of sp³-hybridized carbons (Fsp3) is 0.417. The lowest BCUT2D eigenvalue weighted by Crippen LogP contribution is -2.18. The summed E-state index contributed by atoms with van der Waals surface area (Å²) in [5.74, 6) is 0.205. The molecule has 3 nitrogen and oxygen atoms in total. The molecule has 1 aromatic carbocycles. The molecule has 0 aliphatic carbocycles. The maximum Gasteiger partial charge on any atom is 0.165 e. The third-order valence-electron chi connectivity index (χ3n) is 2.45. The molecule has 0 fully saturated rings. The smallest absolute Gasteiger partial charge is 0.165 e. The molecule has 4 heteroatoms. The van der Waals surface area contributed by atoms with Crippen LogP contribution in [-0.4, -0.2) is 19.4 Å². The minimum atomic E-state index is 0. The first kappa shape index (κ1) is 14.9. The van der Waals surface area contributed by atoms with Crippen molar-refractivity contribution in [3.8, 4) is 0 Å². The van der Waals surface area contributed by atoms with E-state index in [2.05, 4.69) is 5.32 Å². The molecule has 90 valence electrons. The molecule has 0 saturated heterocycles. The van der Waals surface area contributed by atoms with Gasteiger partial charge in [-0.25, -0.2) is 0 Å². The summed E-state index contributed by atoms with van der Waals surface area (Å²) in [4.78, 5) is 11.9. The highest BCUT2D eigenvalue weighted by molar-refractivity contribution is 5.98. The van der Waals surface area contributed by atoms with Crippen LogP contribution in [-0.2, 0) is 0 Å². The molecule has 0 aromatic heterocycles. The topological polar surface area (TPSA) is 55.1 Å². The second-order valence-corrected chi connectivity index (χ2v) is 3.78. The Morgan fingerprint density at radius 1 is 1.50 bits per heavy atom. The Balaban J connectivity index is 0.00000225. The van der Waals surface area contributed by atoms with Crippen molar-refractivity contribution >= 4 is 23.9 Å². The van der Waals surface area contributed by atoms with Crippen LogP contribution in [0.5, 0.6) is 0 Å². The number of carbonyl (C=O) groups is 1. The Morgan fingerprint density at radius 2 is 2.19 bits per heavy atom. The fourth-order valence-corrected chi connectivity index (χ4v) is 1.47. The molecular weight excluding hydrogens is 224 g/mol. The standard InChI is InChI=1S/C12H18N2O.ClH/c1-9(6-7-14-2)12(15)10-4-3-5-11(13)8-10;/h3-5,8-9,14H,6-7,13H2,1-2H3;1H. The van der Waals surface area contributed by atoms with E-state index >= 15 is 0 Å². The molecule has 16 heavy (non-hydrogen) atoms. The SMILES string of the molecule is CNCCC(C)C(=O)c1cccc(N)c1.Cl. The molecule has 0 amide bonds. The number of nitrogens with two attached hydrogens (primary N) is 1. The van der Waals surface area contributed by atoms with Crippen LogP contribution in [0.3, 0.4) is 0 Å². The zero-order valence-electron chi connectivity index (χ0n) is 9.69. The van der Waals surface area contributed by atoms with Gasteiger partial charge in [0.25, 0.3) is 0 Å². The number of ketones is 1. The van der Waals surface area contributed by atoms with E-state index in [1.165, 1.54) is 0 Å². The van der Waals surface area contributed by atoms with Gasteiger partial charge in [0, 0.05) is 17.2 Å². The highest BCUT2D eigenvalue weighted by atomic mass is 35.5. The lowest BCUT2D eigenvalue weighted by molar-refractivity contribution is 0.0924. The van der Waals surface area contributed by atoms with Gasteiger partial charge in [0.05, 0.1) is 0 Å². The number of rotatable bonds is 5. The second kappa shape index (κ2) is 7.25. The number of Topliss-reactive ketones (excluding diaryl/α,β-unsaturated/α-hetero) is 1. The summed E-state index contributed by atoms with van der Waals surface area (Å²) < 4.78 is 0. The largest absolute Gasteiger partial charge is 0.399 e. The van der Waals surface area contributed by atoms with Crippen molar-refractivity contribution < 1.29 is 4.79 Å². The third-order valence-corrected chi connectivity index (χ3v) is 2.45. The number of nitrogen functional groups attached to an aromatic ring is 1. The summed E-state index contributed by atoms with van der Waals surface area (Å²) in [5, 5.41) is 3.04. The zero-order chi connectivity index (χ0) is 11.3. The van der Waals surface area contributed by atoms with Crippen LogP contribution >= 0.6 is 12.4 Å². The second-order valence-electron chi connectivity index (χ2n) is 3.78. The van der Waals surface area contributed by atoms with Gasteiger partial charge < -0.3 is 11.1 Å². The summed E-state index contributed by atoms with van der Waals surface area (Å²) in [6, 6.07) is 7.15. The lowest BCUT2D eigenvalue weighted by Gasteiger charge is -2.10. The Bertz CT molecular complexity index is 342. The summed E-state index contributed by atoms with van der Waals surface area (Å²) in [5.41, 5.74) is 6.98. The van der Waals surface area contributed by atoms with Crippen LogP contribution in [0.2, 0.25) is 0 Å². The molecule has 0 bridgehead atoms. The highest BCUT2D eigenvalue weighted by Crippen LogP contribution is 2.14. The molecule has 0 aliphatic heterocycles. The maximum atomic E-state index is 11.9. The monoisotopic (exact) mass is 242 g/mol. The van der Waals surface area contributed by atoms with Gasteiger partial charge in [0.1, 0.15) is 0 Å². The van der Waals surface area contributed by atoms with Crippen molar-refractivity contribution in [3.63, 3.8) is 0 Å². The van der Waals surface area contributed by atoms with Crippen molar-refractivity contribution in [3.05, 3.63) is 29.8 Å². The van der Waals surface area contributed by atoms with E-state index in [-0.39, 0.29) is 24.1 Å². The predicted octanol–water partition coefficient (Wildman–Crippen LogP) is 2.12. The number of hydrogen-bond donors (Lipinski definition) is 2. The molecule has 1 rings (SSSR count). The number of nitrogens with one attached hydrogen (secondary N) is 1. The van der Waals surface area contributed by atoms with E-state index < -0.39 is 0 Å². The molecule has 0 saturated carbocycles. The first-order valence-electron chi connectivity index (χ1n) is 5.19. The zero-order valence-corrected chi connectivity index (χ0v) is 10.5. The molecule has 1 unspecified atom stereocenters. The molecular formula is C12H19ClN2O. The number of hydrogen-bond acceptors (Lipinski definition) is 3. The molecule has 1 aromatic rings. The Hall–Kier alpha value is -1.06. The van der Waals surface area contributed by atoms with E-state index in [0.29, 0.717) is 11.3 Å². The summed E-state index contributed by atoms with van der Waals surface area (Å²) in [6.45, 7) is 2.80. The molecule has 3 N–H and O–H groups in total. The molecule has 0 spiro atoms. The van der Waals surface area contributed by atoms with E-state index in [9.17, 15) is 4.79 Å². The Labute approximate surface area is 103 Å². The van der Waals surface area contributed by atoms with Gasteiger partial charge in [-0.15, -0.1) is 12.4 Å². The number of benzene rings is 1. The normalized spacial score (nSPS) is 11.6. The molecule has 0 heterocycles. The van der Waals surface area contributed by atoms with Gasteiger partial charge in [0.2, 0.25) is 0 Å². The van der Waals surface area contributed by atoms with Crippen molar-refractivity contribution in [1.82, 2.24) is 5.32 Å². The Morgan fingerprint density at radius 3 is 2.75 bits per heavy atom. The number of carbonyl (C=O) groups excluding carboxylic acids is 1. The Kier molecular flexibility index (Phi) is 6.77. The van der Waals surface area contributed by atoms with Gasteiger partial charge in [-0.3, -0.25) is 4.79 Å². The van der Waals surface area contributed by atoms with Crippen LogP contribution in [0, 0.1) is 5.92 Å². The molecule has 1 atom stereocenters.